The van der Waals surface area contributed by atoms with Gasteiger partial charge in [0.05, 0.1) is 18.2 Å². The van der Waals surface area contributed by atoms with E-state index >= 15 is 0 Å². The highest BCUT2D eigenvalue weighted by Gasteiger charge is 2.30. The second kappa shape index (κ2) is 8.55. The van der Waals surface area contributed by atoms with Crippen LogP contribution >= 0.6 is 11.6 Å². The number of esters is 2. The summed E-state index contributed by atoms with van der Waals surface area (Å²) < 4.78 is 24.8. The highest BCUT2D eigenvalue weighted by molar-refractivity contribution is 6.30. The molecule has 7 nitrogen and oxygen atoms in total. The second-order valence-corrected chi connectivity index (χ2v) is 8.56. The number of cyclic esters (lactones) is 1. The van der Waals surface area contributed by atoms with Gasteiger partial charge in [-0.05, 0) is 51.5 Å². The Morgan fingerprint density at radius 2 is 2.07 bits per heavy atom. The van der Waals surface area contributed by atoms with Crippen LogP contribution in [0.25, 0.3) is 11.3 Å². The fourth-order valence-electron chi connectivity index (χ4n) is 3.10. The topological polar surface area (TPSA) is 81.6 Å². The fourth-order valence-corrected chi connectivity index (χ4v) is 3.27. The zero-order chi connectivity index (χ0) is 22.1. The molecule has 0 aliphatic carbocycles. The quantitative estimate of drug-likeness (QED) is 0.659. The molecule has 0 spiro atoms. The lowest BCUT2D eigenvalue weighted by molar-refractivity contribution is -0.141. The highest BCUT2D eigenvalue weighted by atomic mass is 35.5. The SMILES string of the molecule is CN(CC1CCOC1=O)c1nnc(-c2cc(Cl)ccc2F)cc1C(=O)OC(C)(C)C. The van der Waals surface area contributed by atoms with E-state index in [1.165, 1.54) is 24.3 Å². The van der Waals surface area contributed by atoms with E-state index in [2.05, 4.69) is 10.2 Å². The summed E-state index contributed by atoms with van der Waals surface area (Å²) >= 11 is 5.99. The van der Waals surface area contributed by atoms with Gasteiger partial charge >= 0.3 is 11.9 Å². The lowest BCUT2D eigenvalue weighted by Crippen LogP contribution is -2.31. The number of ether oxygens (including phenoxy) is 2. The van der Waals surface area contributed by atoms with Crippen molar-refractivity contribution in [1.29, 1.82) is 0 Å². The average Bonchev–Trinajstić information content (AvgIpc) is 3.06. The average molecular weight is 436 g/mol. The van der Waals surface area contributed by atoms with Crippen molar-refractivity contribution >= 4 is 29.4 Å². The summed E-state index contributed by atoms with van der Waals surface area (Å²) in [6, 6.07) is 5.48. The maximum Gasteiger partial charge on any atom is 0.342 e. The fraction of sp³-hybridized carbons (Fsp3) is 0.429. The van der Waals surface area contributed by atoms with Crippen molar-refractivity contribution in [3.63, 3.8) is 0 Å². The summed E-state index contributed by atoms with van der Waals surface area (Å²) in [6.07, 6.45) is 0.587. The molecule has 0 radical (unpaired) electrons. The number of aromatic nitrogens is 2. The molecule has 0 amide bonds. The van der Waals surface area contributed by atoms with E-state index in [0.717, 1.165) is 0 Å². The number of benzene rings is 1. The van der Waals surface area contributed by atoms with Crippen molar-refractivity contribution in [2.45, 2.75) is 32.8 Å². The largest absolute Gasteiger partial charge is 0.465 e. The van der Waals surface area contributed by atoms with E-state index in [-0.39, 0.29) is 34.5 Å². The molecule has 0 bridgehead atoms. The molecule has 1 atom stereocenters. The molecule has 1 aromatic heterocycles. The monoisotopic (exact) mass is 435 g/mol. The van der Waals surface area contributed by atoms with Gasteiger partial charge in [0.25, 0.3) is 0 Å². The van der Waals surface area contributed by atoms with Gasteiger partial charge in [-0.3, -0.25) is 4.79 Å². The summed E-state index contributed by atoms with van der Waals surface area (Å²) in [7, 11) is 1.70. The number of rotatable bonds is 5. The minimum absolute atomic E-state index is 0.114. The number of halogens is 2. The van der Waals surface area contributed by atoms with Gasteiger partial charge < -0.3 is 14.4 Å². The first-order valence-corrected chi connectivity index (χ1v) is 9.87. The Morgan fingerprint density at radius 3 is 2.70 bits per heavy atom. The molecular formula is C21H23ClFN3O4. The maximum absolute atomic E-state index is 14.3. The lowest BCUT2D eigenvalue weighted by atomic mass is 10.1. The number of hydrogen-bond donors (Lipinski definition) is 0. The van der Waals surface area contributed by atoms with Crippen LogP contribution in [0, 0.1) is 11.7 Å². The molecule has 1 unspecified atom stereocenters. The molecular weight excluding hydrogens is 413 g/mol. The first kappa shape index (κ1) is 22.0. The normalized spacial score (nSPS) is 16.3. The second-order valence-electron chi connectivity index (χ2n) is 8.13. The van der Waals surface area contributed by atoms with Crippen molar-refractivity contribution in [2.24, 2.45) is 5.92 Å². The van der Waals surface area contributed by atoms with Crippen LogP contribution in [0.5, 0.6) is 0 Å². The maximum atomic E-state index is 14.3. The molecule has 3 rings (SSSR count). The van der Waals surface area contributed by atoms with E-state index in [4.69, 9.17) is 21.1 Å². The molecule has 1 aromatic carbocycles. The van der Waals surface area contributed by atoms with Crippen LogP contribution in [0.2, 0.25) is 5.02 Å². The third-order valence-electron chi connectivity index (χ3n) is 4.50. The number of carbonyl (C=O) groups excluding carboxylic acids is 2. The third kappa shape index (κ3) is 5.05. The molecule has 9 heteroatoms. The van der Waals surface area contributed by atoms with Crippen LogP contribution in [0.3, 0.4) is 0 Å². The van der Waals surface area contributed by atoms with Gasteiger partial charge in [-0.15, -0.1) is 10.2 Å². The van der Waals surface area contributed by atoms with Crippen LogP contribution < -0.4 is 4.90 Å². The third-order valence-corrected chi connectivity index (χ3v) is 4.73. The predicted octanol–water partition coefficient (Wildman–Crippen LogP) is 3.89. The molecule has 160 valence electrons. The van der Waals surface area contributed by atoms with Gasteiger partial charge in [0, 0.05) is 24.2 Å². The van der Waals surface area contributed by atoms with E-state index in [1.807, 2.05) is 0 Å². The Bertz CT molecular complexity index is 977. The van der Waals surface area contributed by atoms with Crippen LogP contribution in [0.15, 0.2) is 24.3 Å². The Balaban J connectivity index is 2.01. The van der Waals surface area contributed by atoms with Gasteiger partial charge in [0.15, 0.2) is 5.82 Å². The molecule has 1 aliphatic heterocycles. The van der Waals surface area contributed by atoms with Crippen LogP contribution in [-0.4, -0.2) is 47.9 Å². The van der Waals surface area contributed by atoms with E-state index in [1.54, 1.807) is 32.7 Å². The van der Waals surface area contributed by atoms with Gasteiger partial charge in [-0.2, -0.15) is 0 Å². The van der Waals surface area contributed by atoms with Crippen molar-refractivity contribution < 1.29 is 23.5 Å². The summed E-state index contributed by atoms with van der Waals surface area (Å²) in [5.41, 5.74) is -0.364. The molecule has 1 aliphatic rings. The Labute approximate surface area is 179 Å². The molecule has 1 saturated heterocycles. The minimum Gasteiger partial charge on any atom is -0.465 e. The zero-order valence-electron chi connectivity index (χ0n) is 17.2. The Hall–Kier alpha value is -2.74. The first-order chi connectivity index (χ1) is 14.0. The van der Waals surface area contributed by atoms with Crippen molar-refractivity contribution in [3.05, 3.63) is 40.7 Å². The Kier molecular flexibility index (Phi) is 6.26. The summed E-state index contributed by atoms with van der Waals surface area (Å²) in [5, 5.41) is 8.57. The van der Waals surface area contributed by atoms with Crippen molar-refractivity contribution in [2.75, 3.05) is 25.1 Å². The number of nitrogens with zero attached hydrogens (tertiary/aromatic N) is 3. The summed E-state index contributed by atoms with van der Waals surface area (Å²) in [5.74, 6) is -1.55. The van der Waals surface area contributed by atoms with Gasteiger partial charge in [-0.1, -0.05) is 11.6 Å². The smallest absolute Gasteiger partial charge is 0.342 e. The molecule has 0 N–H and O–H groups in total. The van der Waals surface area contributed by atoms with E-state index in [9.17, 15) is 14.0 Å². The van der Waals surface area contributed by atoms with Gasteiger partial charge in [0.2, 0.25) is 0 Å². The minimum atomic E-state index is -0.743. The van der Waals surface area contributed by atoms with Crippen molar-refractivity contribution in [1.82, 2.24) is 10.2 Å². The predicted molar refractivity (Wildman–Crippen MR) is 110 cm³/mol. The van der Waals surface area contributed by atoms with Crippen molar-refractivity contribution in [3.8, 4) is 11.3 Å². The molecule has 1 fully saturated rings. The lowest BCUT2D eigenvalue weighted by Gasteiger charge is -2.24. The summed E-state index contributed by atoms with van der Waals surface area (Å²) in [6.45, 7) is 5.90. The zero-order valence-corrected chi connectivity index (χ0v) is 18.0. The number of anilines is 1. The van der Waals surface area contributed by atoms with Gasteiger partial charge in [-0.25, -0.2) is 9.18 Å². The summed E-state index contributed by atoms with van der Waals surface area (Å²) in [4.78, 5) is 26.4. The standard InChI is InChI=1S/C21H23ClFN3O4/c1-21(2,3)30-20(28)15-10-17(14-9-13(22)5-6-16(14)23)24-25-18(15)26(4)11-12-7-8-29-19(12)27/h5-6,9-10,12H,7-8,11H2,1-4H3. The van der Waals surface area contributed by atoms with Crippen LogP contribution in [-0.2, 0) is 14.3 Å². The molecule has 30 heavy (non-hydrogen) atoms. The van der Waals surface area contributed by atoms with E-state index < -0.39 is 17.4 Å². The number of hydrogen-bond acceptors (Lipinski definition) is 7. The molecule has 2 aromatic rings. The van der Waals surface area contributed by atoms with Gasteiger partial charge in [0.1, 0.15) is 17.0 Å². The Morgan fingerprint density at radius 1 is 1.33 bits per heavy atom. The van der Waals surface area contributed by atoms with Crippen LogP contribution in [0.1, 0.15) is 37.6 Å². The first-order valence-electron chi connectivity index (χ1n) is 9.49. The highest BCUT2D eigenvalue weighted by Crippen LogP contribution is 2.29. The van der Waals surface area contributed by atoms with Crippen LogP contribution in [0.4, 0.5) is 10.2 Å². The molecule has 2 heterocycles. The molecule has 0 saturated carbocycles. The van der Waals surface area contributed by atoms with E-state index in [0.29, 0.717) is 24.6 Å². The number of carbonyl (C=O) groups is 2.